The first-order valence-electron chi connectivity index (χ1n) is 15.8. The fraction of sp³-hybridized carbons (Fsp3) is 0.0698. The quantitative estimate of drug-likeness (QED) is 0.186. The number of aryl methyl sites for hydroxylation is 1. The zero-order valence-corrected chi connectivity index (χ0v) is 25.6. The fourth-order valence-electron chi connectivity index (χ4n) is 7.02. The van der Waals surface area contributed by atoms with Crippen LogP contribution in [0.15, 0.2) is 152 Å². The van der Waals surface area contributed by atoms with Crippen LogP contribution in [0.5, 0.6) is 0 Å². The number of allylic oxidation sites excluding steroid dienone is 1. The van der Waals surface area contributed by atoms with Crippen LogP contribution < -0.4 is 0 Å². The maximum absolute atomic E-state index is 2.44. The van der Waals surface area contributed by atoms with Crippen molar-refractivity contribution < 1.29 is 0 Å². The van der Waals surface area contributed by atoms with Crippen molar-refractivity contribution in [3.8, 4) is 33.6 Å². The van der Waals surface area contributed by atoms with E-state index in [1.54, 1.807) is 0 Å². The Bertz CT molecular complexity index is 2290. The van der Waals surface area contributed by atoms with Gasteiger partial charge in [-0.25, -0.2) is 0 Å². The van der Waals surface area contributed by atoms with E-state index in [1.807, 2.05) is 0 Å². The summed E-state index contributed by atoms with van der Waals surface area (Å²) in [5.41, 5.74) is 13.5. The molecule has 0 fully saturated rings. The van der Waals surface area contributed by atoms with Gasteiger partial charge in [0.05, 0.1) is 16.6 Å². The third kappa shape index (κ3) is 4.49. The lowest BCUT2D eigenvalue weighted by atomic mass is 9.98. The molecule has 0 saturated carbocycles. The van der Waals surface area contributed by atoms with Gasteiger partial charge in [0, 0.05) is 33.2 Å². The van der Waals surface area contributed by atoms with Gasteiger partial charge in [0.1, 0.15) is 0 Å². The van der Waals surface area contributed by atoms with Crippen molar-refractivity contribution in [3.05, 3.63) is 163 Å². The van der Waals surface area contributed by atoms with Gasteiger partial charge < -0.3 is 9.13 Å². The normalized spacial score (nSPS) is 11.8. The van der Waals surface area contributed by atoms with E-state index in [1.165, 1.54) is 71.9 Å². The molecule has 0 aliphatic carbocycles. The Hall–Kier alpha value is -5.60. The van der Waals surface area contributed by atoms with Crippen LogP contribution in [-0.2, 0) is 6.42 Å². The smallest absolute Gasteiger partial charge is 0.0542 e. The number of aromatic nitrogens is 2. The van der Waals surface area contributed by atoms with Crippen LogP contribution in [0, 0.1) is 0 Å². The lowest BCUT2D eigenvalue weighted by Gasteiger charge is -2.14. The summed E-state index contributed by atoms with van der Waals surface area (Å²) in [6.45, 7) is 4.36. The van der Waals surface area contributed by atoms with E-state index in [4.69, 9.17) is 0 Å². The first-order valence-corrected chi connectivity index (χ1v) is 15.8. The van der Waals surface area contributed by atoms with Crippen LogP contribution >= 0.6 is 0 Å². The number of nitrogens with zero attached hydrogens (tertiary/aromatic N) is 2. The maximum Gasteiger partial charge on any atom is 0.0542 e. The molecule has 2 aromatic heterocycles. The van der Waals surface area contributed by atoms with E-state index in [9.17, 15) is 0 Å². The molecule has 0 spiro atoms. The van der Waals surface area contributed by atoms with Crippen molar-refractivity contribution in [3.63, 3.8) is 0 Å². The van der Waals surface area contributed by atoms with Gasteiger partial charge >= 0.3 is 0 Å². The second-order valence-electron chi connectivity index (χ2n) is 11.6. The van der Waals surface area contributed by atoms with Gasteiger partial charge in [-0.05, 0) is 95.8 Å². The van der Waals surface area contributed by atoms with Crippen LogP contribution in [0.4, 0.5) is 0 Å². The molecule has 2 nitrogen and oxygen atoms in total. The van der Waals surface area contributed by atoms with E-state index in [0.29, 0.717) is 0 Å². The van der Waals surface area contributed by atoms with Crippen molar-refractivity contribution in [2.75, 3.05) is 0 Å². The van der Waals surface area contributed by atoms with Gasteiger partial charge in [0.15, 0.2) is 0 Å². The molecule has 216 valence electrons. The molecule has 6 aromatic carbocycles. The summed E-state index contributed by atoms with van der Waals surface area (Å²) in [6.07, 6.45) is 5.39. The summed E-state index contributed by atoms with van der Waals surface area (Å²) in [5.74, 6) is 0. The molecule has 0 atom stereocenters. The highest BCUT2D eigenvalue weighted by molar-refractivity contribution is 6.10. The largest absolute Gasteiger partial charge is 0.310 e. The SMILES string of the molecule is C/C=C\c1c(CC)c2ccccc2n1-c1ccc2c(c1)c1ccccc1n2-c1cc(-c2ccccc2)cc(-c2ccccc2)c1. The average Bonchev–Trinajstić information content (AvgIpc) is 3.60. The summed E-state index contributed by atoms with van der Waals surface area (Å²) in [6, 6.07) is 52.9. The Labute approximate surface area is 264 Å². The summed E-state index contributed by atoms with van der Waals surface area (Å²) >= 11 is 0. The molecule has 0 bridgehead atoms. The van der Waals surface area contributed by atoms with Crippen molar-refractivity contribution in [1.29, 1.82) is 0 Å². The van der Waals surface area contributed by atoms with Crippen LogP contribution in [-0.4, -0.2) is 9.13 Å². The molecule has 0 saturated heterocycles. The molecule has 2 heterocycles. The predicted molar refractivity (Wildman–Crippen MR) is 193 cm³/mol. The van der Waals surface area contributed by atoms with Crippen molar-refractivity contribution >= 4 is 38.8 Å². The minimum atomic E-state index is 0.982. The van der Waals surface area contributed by atoms with Crippen molar-refractivity contribution in [2.45, 2.75) is 20.3 Å². The van der Waals surface area contributed by atoms with Gasteiger partial charge in [-0.3, -0.25) is 0 Å². The van der Waals surface area contributed by atoms with Gasteiger partial charge in [-0.15, -0.1) is 0 Å². The highest BCUT2D eigenvalue weighted by atomic mass is 15.0. The number of fused-ring (bicyclic) bond motifs is 4. The molecule has 45 heavy (non-hydrogen) atoms. The summed E-state index contributed by atoms with van der Waals surface area (Å²) in [5, 5.41) is 3.82. The Morgan fingerprint density at radius 3 is 1.64 bits per heavy atom. The third-order valence-electron chi connectivity index (χ3n) is 9.00. The Balaban J connectivity index is 1.41. The number of hydrogen-bond acceptors (Lipinski definition) is 0. The standard InChI is InChI=1S/C43H34N2/c1-3-15-40-36(4-2)37-20-11-13-22-41(37)44(40)34-24-25-43-39(29-34)38-21-12-14-23-42(38)45(43)35-27-32(30-16-7-5-8-17-30)26-33(28-35)31-18-9-6-10-19-31/h3,5-29H,4H2,1-2H3/b15-3-. The Morgan fingerprint density at radius 2 is 1.02 bits per heavy atom. The van der Waals surface area contributed by atoms with E-state index >= 15 is 0 Å². The van der Waals surface area contributed by atoms with E-state index in [-0.39, 0.29) is 0 Å². The molecule has 0 amide bonds. The molecular formula is C43H34N2. The average molecular weight is 579 g/mol. The molecule has 0 aliphatic rings. The van der Waals surface area contributed by atoms with Gasteiger partial charge in [-0.2, -0.15) is 0 Å². The molecular weight excluding hydrogens is 544 g/mol. The van der Waals surface area contributed by atoms with Crippen LogP contribution in [0.25, 0.3) is 72.4 Å². The lowest BCUT2D eigenvalue weighted by Crippen LogP contribution is -1.99. The van der Waals surface area contributed by atoms with E-state index in [2.05, 4.69) is 181 Å². The number of hydrogen-bond donors (Lipinski definition) is 0. The number of para-hydroxylation sites is 2. The Kier molecular flexibility index (Phi) is 6.69. The Morgan fingerprint density at radius 1 is 0.467 bits per heavy atom. The zero-order chi connectivity index (χ0) is 30.3. The fourth-order valence-corrected chi connectivity index (χ4v) is 7.02. The predicted octanol–water partition coefficient (Wildman–Crippen LogP) is 11.7. The molecule has 0 unspecified atom stereocenters. The van der Waals surface area contributed by atoms with E-state index < -0.39 is 0 Å². The highest BCUT2D eigenvalue weighted by Gasteiger charge is 2.18. The lowest BCUT2D eigenvalue weighted by molar-refractivity contribution is 1.06. The molecule has 8 aromatic rings. The first kappa shape index (κ1) is 27.0. The zero-order valence-electron chi connectivity index (χ0n) is 25.6. The van der Waals surface area contributed by atoms with Gasteiger partial charge in [0.25, 0.3) is 0 Å². The van der Waals surface area contributed by atoms with Crippen molar-refractivity contribution in [2.24, 2.45) is 0 Å². The first-order chi connectivity index (χ1) is 22.2. The van der Waals surface area contributed by atoms with Gasteiger partial charge in [-0.1, -0.05) is 110 Å². The number of benzene rings is 6. The molecule has 2 heteroatoms. The van der Waals surface area contributed by atoms with Crippen molar-refractivity contribution in [1.82, 2.24) is 9.13 Å². The minimum Gasteiger partial charge on any atom is -0.310 e. The second-order valence-corrected chi connectivity index (χ2v) is 11.6. The minimum absolute atomic E-state index is 0.982. The van der Waals surface area contributed by atoms with E-state index in [0.717, 1.165) is 12.1 Å². The molecule has 0 radical (unpaired) electrons. The molecule has 8 rings (SSSR count). The monoisotopic (exact) mass is 578 g/mol. The van der Waals surface area contributed by atoms with Crippen LogP contribution in [0.3, 0.4) is 0 Å². The topological polar surface area (TPSA) is 9.86 Å². The van der Waals surface area contributed by atoms with Crippen LogP contribution in [0.1, 0.15) is 25.1 Å². The summed E-state index contributed by atoms with van der Waals surface area (Å²) in [4.78, 5) is 0. The summed E-state index contributed by atoms with van der Waals surface area (Å²) < 4.78 is 4.87. The summed E-state index contributed by atoms with van der Waals surface area (Å²) in [7, 11) is 0. The van der Waals surface area contributed by atoms with Gasteiger partial charge in [0.2, 0.25) is 0 Å². The van der Waals surface area contributed by atoms with Crippen LogP contribution in [0.2, 0.25) is 0 Å². The number of rotatable bonds is 6. The third-order valence-corrected chi connectivity index (χ3v) is 9.00. The second kappa shape index (κ2) is 11.2. The molecule has 0 aliphatic heterocycles. The molecule has 0 N–H and O–H groups in total. The highest BCUT2D eigenvalue weighted by Crippen LogP contribution is 2.38. The maximum atomic E-state index is 2.44.